The molecule has 1 saturated heterocycles. The lowest BCUT2D eigenvalue weighted by Crippen LogP contribution is -2.50. The third kappa shape index (κ3) is 3.46. The highest BCUT2D eigenvalue weighted by atomic mass is 19.4. The maximum Gasteiger partial charge on any atom is 0.417 e. The molecular formula is C13H15F4N3O2. The fourth-order valence-electron chi connectivity index (χ4n) is 2.10. The van der Waals surface area contributed by atoms with E-state index in [0.29, 0.717) is 12.3 Å². The van der Waals surface area contributed by atoms with Crippen molar-refractivity contribution in [3.63, 3.8) is 0 Å². The first kappa shape index (κ1) is 16.5. The van der Waals surface area contributed by atoms with Crippen LogP contribution in [0.15, 0.2) is 12.3 Å². The van der Waals surface area contributed by atoms with Crippen molar-refractivity contribution in [2.75, 3.05) is 38.7 Å². The summed E-state index contributed by atoms with van der Waals surface area (Å²) in [7, 11) is 3.11. The number of carbonyl (C=O) groups excluding carboxylic acids is 1. The van der Waals surface area contributed by atoms with Crippen LogP contribution in [0.2, 0.25) is 0 Å². The average Bonchev–Trinajstić information content (AvgIpc) is 2.45. The Labute approximate surface area is 124 Å². The summed E-state index contributed by atoms with van der Waals surface area (Å²) >= 11 is 0. The van der Waals surface area contributed by atoms with Crippen LogP contribution >= 0.6 is 0 Å². The lowest BCUT2D eigenvalue weighted by molar-refractivity contribution is -0.141. The number of anilines is 1. The molecular weight excluding hydrogens is 306 g/mol. The molecule has 122 valence electrons. The molecule has 1 aliphatic rings. The normalized spacial score (nSPS) is 19.2. The van der Waals surface area contributed by atoms with Crippen LogP contribution in [0.4, 0.5) is 23.4 Å². The largest absolute Gasteiger partial charge is 0.417 e. The molecule has 0 aliphatic carbocycles. The van der Waals surface area contributed by atoms with Crippen LogP contribution in [-0.4, -0.2) is 55.7 Å². The minimum absolute atomic E-state index is 0.0340. The van der Waals surface area contributed by atoms with E-state index < -0.39 is 23.7 Å². The van der Waals surface area contributed by atoms with Crippen LogP contribution in [0.1, 0.15) is 5.56 Å². The van der Waals surface area contributed by atoms with Crippen molar-refractivity contribution in [1.29, 1.82) is 0 Å². The third-order valence-corrected chi connectivity index (χ3v) is 3.23. The van der Waals surface area contributed by atoms with E-state index in [0.717, 1.165) is 0 Å². The Kier molecular flexibility index (Phi) is 4.55. The Balaban J connectivity index is 2.19. The quantitative estimate of drug-likeness (QED) is 0.775. The zero-order chi connectivity index (χ0) is 16.5. The average molecular weight is 321 g/mol. The van der Waals surface area contributed by atoms with Gasteiger partial charge in [-0.1, -0.05) is 0 Å². The number of hydrogen-bond acceptors (Lipinski definition) is 4. The first-order valence-electron chi connectivity index (χ1n) is 6.50. The van der Waals surface area contributed by atoms with Crippen LogP contribution < -0.4 is 4.90 Å². The van der Waals surface area contributed by atoms with Gasteiger partial charge in [0.1, 0.15) is 0 Å². The number of carbonyl (C=O) groups is 1. The highest BCUT2D eigenvalue weighted by Crippen LogP contribution is 2.31. The number of hydrogen-bond donors (Lipinski definition) is 0. The molecule has 1 fully saturated rings. The Morgan fingerprint density at radius 2 is 2.14 bits per heavy atom. The molecule has 9 heteroatoms. The molecule has 0 spiro atoms. The lowest BCUT2D eigenvalue weighted by atomic mass is 10.2. The zero-order valence-corrected chi connectivity index (χ0v) is 12.0. The van der Waals surface area contributed by atoms with Crippen LogP contribution in [-0.2, 0) is 15.7 Å². The molecule has 5 nitrogen and oxygen atoms in total. The van der Waals surface area contributed by atoms with E-state index in [4.69, 9.17) is 4.74 Å². The van der Waals surface area contributed by atoms with Gasteiger partial charge < -0.3 is 14.5 Å². The van der Waals surface area contributed by atoms with Gasteiger partial charge in [0.25, 0.3) is 5.91 Å². The van der Waals surface area contributed by atoms with Crippen molar-refractivity contribution < 1.29 is 27.1 Å². The first-order valence-corrected chi connectivity index (χ1v) is 6.50. The molecule has 1 aromatic heterocycles. The fourth-order valence-corrected chi connectivity index (χ4v) is 2.10. The molecule has 22 heavy (non-hydrogen) atoms. The van der Waals surface area contributed by atoms with E-state index in [1.165, 1.54) is 9.80 Å². The summed E-state index contributed by atoms with van der Waals surface area (Å²) in [5, 5.41) is 0. The molecule has 0 aromatic carbocycles. The number of amides is 1. The van der Waals surface area contributed by atoms with Crippen molar-refractivity contribution in [2.24, 2.45) is 0 Å². The number of likely N-dealkylation sites (N-methyl/N-ethyl adjacent to an activating group) is 1. The van der Waals surface area contributed by atoms with Gasteiger partial charge in [-0.15, -0.1) is 0 Å². The molecule has 0 N–H and O–H groups in total. The highest BCUT2D eigenvalue weighted by Gasteiger charge is 2.34. The maximum absolute atomic E-state index is 13.9. The minimum atomic E-state index is -4.65. The predicted octanol–water partition coefficient (Wildman–Crippen LogP) is 1.53. The molecule has 2 heterocycles. The number of aromatic nitrogens is 1. The van der Waals surface area contributed by atoms with Gasteiger partial charge in [-0.3, -0.25) is 4.79 Å². The number of nitrogens with zero attached hydrogens (tertiary/aromatic N) is 3. The van der Waals surface area contributed by atoms with Gasteiger partial charge in [0.05, 0.1) is 18.7 Å². The van der Waals surface area contributed by atoms with Crippen molar-refractivity contribution in [3.05, 3.63) is 23.6 Å². The van der Waals surface area contributed by atoms with E-state index in [-0.39, 0.29) is 31.4 Å². The molecule has 0 radical (unpaired) electrons. The molecule has 0 bridgehead atoms. The standard InChI is InChI=1S/C13H15F4N3O2/c1-19(2)12(21)10-7-20(3-4-22-10)11-9(14)5-8(6-18-11)13(15,16)17/h5-6,10H,3-4,7H2,1-2H3. The van der Waals surface area contributed by atoms with Crippen LogP contribution in [0.25, 0.3) is 0 Å². The number of ether oxygens (including phenoxy) is 1. The lowest BCUT2D eigenvalue weighted by Gasteiger charge is -2.34. The van der Waals surface area contributed by atoms with E-state index >= 15 is 0 Å². The van der Waals surface area contributed by atoms with Crippen molar-refractivity contribution in [1.82, 2.24) is 9.88 Å². The fraction of sp³-hybridized carbons (Fsp3) is 0.538. The molecule has 1 aliphatic heterocycles. The summed E-state index contributed by atoms with van der Waals surface area (Å²) in [5.41, 5.74) is -1.15. The van der Waals surface area contributed by atoms with Crippen molar-refractivity contribution in [2.45, 2.75) is 12.3 Å². The molecule has 1 unspecified atom stereocenters. The van der Waals surface area contributed by atoms with Gasteiger partial charge in [0.15, 0.2) is 17.7 Å². The summed E-state index contributed by atoms with van der Waals surface area (Å²) < 4.78 is 56.7. The van der Waals surface area contributed by atoms with Crippen molar-refractivity contribution in [3.8, 4) is 0 Å². The maximum atomic E-state index is 13.9. The smallest absolute Gasteiger partial charge is 0.365 e. The van der Waals surface area contributed by atoms with E-state index in [1.54, 1.807) is 14.1 Å². The van der Waals surface area contributed by atoms with Gasteiger partial charge >= 0.3 is 6.18 Å². The highest BCUT2D eigenvalue weighted by molar-refractivity contribution is 5.81. The van der Waals surface area contributed by atoms with E-state index in [2.05, 4.69) is 4.98 Å². The van der Waals surface area contributed by atoms with Gasteiger partial charge in [0.2, 0.25) is 0 Å². The van der Waals surface area contributed by atoms with Gasteiger partial charge in [-0.2, -0.15) is 13.2 Å². The monoisotopic (exact) mass is 321 g/mol. The first-order chi connectivity index (χ1) is 10.2. The van der Waals surface area contributed by atoms with Crippen LogP contribution in [0.3, 0.4) is 0 Å². The second-order valence-electron chi connectivity index (χ2n) is 5.07. The Morgan fingerprint density at radius 1 is 1.45 bits per heavy atom. The second-order valence-corrected chi connectivity index (χ2v) is 5.07. The van der Waals surface area contributed by atoms with Gasteiger partial charge in [-0.05, 0) is 6.07 Å². The van der Waals surface area contributed by atoms with Gasteiger partial charge in [-0.25, -0.2) is 9.37 Å². The molecule has 0 saturated carbocycles. The molecule has 1 amide bonds. The van der Waals surface area contributed by atoms with Crippen LogP contribution in [0, 0.1) is 5.82 Å². The van der Waals surface area contributed by atoms with Gasteiger partial charge in [0, 0.05) is 26.8 Å². The van der Waals surface area contributed by atoms with E-state index in [1.807, 2.05) is 0 Å². The van der Waals surface area contributed by atoms with Crippen LogP contribution in [0.5, 0.6) is 0 Å². The van der Waals surface area contributed by atoms with E-state index in [9.17, 15) is 22.4 Å². The summed E-state index contributed by atoms with van der Waals surface area (Å²) in [6, 6.07) is 0.403. The Morgan fingerprint density at radius 3 is 2.68 bits per heavy atom. The molecule has 1 atom stereocenters. The number of alkyl halides is 3. The Bertz CT molecular complexity index is 563. The summed E-state index contributed by atoms with van der Waals surface area (Å²) in [4.78, 5) is 18.2. The third-order valence-electron chi connectivity index (χ3n) is 3.23. The topological polar surface area (TPSA) is 45.7 Å². The molecule has 1 aromatic rings. The number of rotatable bonds is 2. The number of pyridine rings is 1. The van der Waals surface area contributed by atoms with Crippen molar-refractivity contribution >= 4 is 11.7 Å². The zero-order valence-electron chi connectivity index (χ0n) is 12.0. The molecule has 2 rings (SSSR count). The number of halogens is 4. The summed E-state index contributed by atoms with van der Waals surface area (Å²) in [5.74, 6) is -1.59. The Hall–Kier alpha value is -1.90. The summed E-state index contributed by atoms with van der Waals surface area (Å²) in [6.45, 7) is 0.436. The second kappa shape index (κ2) is 6.07. The number of morpholine rings is 1. The minimum Gasteiger partial charge on any atom is -0.365 e. The predicted molar refractivity (Wildman–Crippen MR) is 69.8 cm³/mol. The summed E-state index contributed by atoms with van der Waals surface area (Å²) in [6.07, 6.45) is -4.87. The SMILES string of the molecule is CN(C)C(=O)C1CN(c2ncc(C(F)(F)F)cc2F)CCO1.